The lowest BCUT2D eigenvalue weighted by molar-refractivity contribution is 0.573. The van der Waals surface area contributed by atoms with Crippen LogP contribution in [0.5, 0.6) is 0 Å². The molecular formula is C12H32OSi4. The van der Waals surface area contributed by atoms with Crippen molar-refractivity contribution in [2.24, 2.45) is 0 Å². The van der Waals surface area contributed by atoms with Crippen LogP contribution in [0, 0.1) is 0 Å². The van der Waals surface area contributed by atoms with Crippen LogP contribution in [-0.2, 0) is 0 Å². The molecule has 0 bridgehead atoms. The highest BCUT2D eigenvalue weighted by Crippen LogP contribution is 2.42. The predicted octanol–water partition coefficient (Wildman–Crippen LogP) is 4.19. The van der Waals surface area contributed by atoms with Gasteiger partial charge in [0.15, 0.2) is 7.35 Å². The second kappa shape index (κ2) is 4.92. The maximum Gasteiger partial charge on any atom is 0.167 e. The molecule has 0 aromatic heterocycles. The summed E-state index contributed by atoms with van der Waals surface area (Å²) in [6, 6.07) is 0. The van der Waals surface area contributed by atoms with Crippen molar-refractivity contribution in [3.63, 3.8) is 0 Å². The van der Waals surface area contributed by atoms with Crippen LogP contribution in [0.15, 0.2) is 12.7 Å². The van der Waals surface area contributed by atoms with E-state index in [9.17, 15) is 4.80 Å². The van der Waals surface area contributed by atoms with Crippen LogP contribution in [-0.4, -0.2) is 35.4 Å². The Labute approximate surface area is 112 Å². The van der Waals surface area contributed by atoms with E-state index in [-0.39, 0.29) is 0 Å². The van der Waals surface area contributed by atoms with Crippen molar-refractivity contribution in [3.05, 3.63) is 12.7 Å². The Bertz CT molecular complexity index is 266. The largest absolute Gasteiger partial charge is 0.437 e. The Balaban J connectivity index is 5.90. The monoisotopic (exact) mass is 304 g/mol. The van der Waals surface area contributed by atoms with E-state index in [0.717, 1.165) is 0 Å². The molecule has 0 radical (unpaired) electrons. The molecule has 102 valence electrons. The predicted molar refractivity (Wildman–Crippen MR) is 92.0 cm³/mol. The lowest BCUT2D eigenvalue weighted by Gasteiger charge is -2.52. The zero-order valence-corrected chi connectivity index (χ0v) is 17.3. The summed E-state index contributed by atoms with van der Waals surface area (Å²) in [5, 5.41) is 0.452. The minimum Gasteiger partial charge on any atom is -0.437 e. The molecule has 1 atom stereocenters. The topological polar surface area (TPSA) is 20.2 Å². The lowest BCUT2D eigenvalue weighted by atomic mass is 10.7. The maximum atomic E-state index is 11.7. The molecule has 0 aliphatic heterocycles. The van der Waals surface area contributed by atoms with Gasteiger partial charge in [-0.1, -0.05) is 65.0 Å². The van der Waals surface area contributed by atoms with Crippen LogP contribution in [0.3, 0.4) is 0 Å². The van der Waals surface area contributed by atoms with Crippen LogP contribution in [0.1, 0.15) is 0 Å². The zero-order chi connectivity index (χ0) is 14.3. The quantitative estimate of drug-likeness (QED) is 0.596. The van der Waals surface area contributed by atoms with E-state index in [1.165, 1.54) is 0 Å². The molecule has 1 N–H and O–H groups in total. The third-order valence-corrected chi connectivity index (χ3v) is 46.4. The molecular weight excluding hydrogens is 272 g/mol. The van der Waals surface area contributed by atoms with Gasteiger partial charge in [0.2, 0.25) is 0 Å². The van der Waals surface area contributed by atoms with Crippen LogP contribution in [0.2, 0.25) is 64.1 Å². The summed E-state index contributed by atoms with van der Waals surface area (Å²) in [5.41, 5.74) is 0. The third-order valence-electron chi connectivity index (χ3n) is 3.91. The van der Waals surface area contributed by atoms with Crippen molar-refractivity contribution in [1.82, 2.24) is 0 Å². The molecule has 0 amide bonds. The van der Waals surface area contributed by atoms with Gasteiger partial charge in [0.1, 0.15) is 0 Å². The van der Waals surface area contributed by atoms with Crippen LogP contribution < -0.4 is 0 Å². The Morgan fingerprint density at radius 3 is 1.18 bits per heavy atom. The first-order valence-electron chi connectivity index (χ1n) is 6.54. The van der Waals surface area contributed by atoms with Crippen LogP contribution in [0.25, 0.3) is 0 Å². The number of allylic oxidation sites excluding steroid dienone is 1. The summed E-state index contributed by atoms with van der Waals surface area (Å²) in [4.78, 5) is 11.7. The van der Waals surface area contributed by atoms with Gasteiger partial charge in [0.05, 0.1) is 23.3 Å². The van der Waals surface area contributed by atoms with Gasteiger partial charge in [-0.2, -0.15) is 0 Å². The Morgan fingerprint density at radius 1 is 0.824 bits per heavy atom. The molecule has 1 unspecified atom stereocenters. The number of rotatable bonds is 5. The fourth-order valence-electron chi connectivity index (χ4n) is 3.21. The Morgan fingerprint density at radius 2 is 1.12 bits per heavy atom. The van der Waals surface area contributed by atoms with Crippen molar-refractivity contribution in [3.8, 4) is 0 Å². The maximum absolute atomic E-state index is 11.7. The van der Waals surface area contributed by atoms with E-state index in [0.29, 0.717) is 5.16 Å². The third kappa shape index (κ3) is 3.31. The van der Waals surface area contributed by atoms with Gasteiger partial charge in [0.25, 0.3) is 0 Å². The van der Waals surface area contributed by atoms with Crippen molar-refractivity contribution >= 4 is 30.6 Å². The molecule has 0 saturated carbocycles. The highest BCUT2D eigenvalue weighted by molar-refractivity contribution is 7.68. The summed E-state index contributed by atoms with van der Waals surface area (Å²) < 4.78 is 0. The molecule has 0 spiro atoms. The number of hydrogen-bond acceptors (Lipinski definition) is 1. The normalized spacial score (nSPS) is 16.8. The molecule has 0 heterocycles. The zero-order valence-electron chi connectivity index (χ0n) is 13.3. The van der Waals surface area contributed by atoms with Gasteiger partial charge in [-0.15, -0.1) is 6.58 Å². The van der Waals surface area contributed by atoms with Crippen molar-refractivity contribution in [2.75, 3.05) is 0 Å². The number of hydrogen-bond donors (Lipinski definition) is 1. The SMILES string of the molecule is C=CC([Si](C)(C)C)[Si](O)([Si](C)(C)C)[Si](C)(C)C. The van der Waals surface area contributed by atoms with E-state index in [2.05, 4.69) is 71.6 Å². The summed E-state index contributed by atoms with van der Waals surface area (Å²) in [6.07, 6.45) is 2.12. The molecule has 0 aliphatic carbocycles. The molecule has 1 nitrogen and oxygen atoms in total. The highest BCUT2D eigenvalue weighted by atomic mass is 29.7. The Kier molecular flexibility index (Phi) is 5.08. The van der Waals surface area contributed by atoms with E-state index < -0.39 is 30.6 Å². The Hall–Kier alpha value is 0.568. The first-order chi connectivity index (χ1) is 7.19. The molecule has 0 aliphatic rings. The average Bonchev–Trinajstić information content (AvgIpc) is 1.97. The molecule has 5 heteroatoms. The standard InChI is InChI=1S/C12H32OSi4/c1-11-12(14(2,3)4)17(13,15(5,6)7)16(8,9)10/h11-13H,1H2,2-10H3. The van der Waals surface area contributed by atoms with Crippen LogP contribution >= 0.6 is 0 Å². The van der Waals surface area contributed by atoms with Gasteiger partial charge in [-0.05, 0) is 5.16 Å². The van der Waals surface area contributed by atoms with Gasteiger partial charge in [-0.3, -0.25) is 0 Å². The lowest BCUT2D eigenvalue weighted by Crippen LogP contribution is -2.76. The average molecular weight is 305 g/mol. The second-order valence-corrected chi connectivity index (χ2v) is 40.5. The molecule has 0 aromatic carbocycles. The summed E-state index contributed by atoms with van der Waals surface area (Å²) in [6.45, 7) is 25.4. The van der Waals surface area contributed by atoms with Gasteiger partial charge >= 0.3 is 0 Å². The van der Waals surface area contributed by atoms with E-state index in [1.807, 2.05) is 0 Å². The fraction of sp³-hybridized carbons (Fsp3) is 0.833. The van der Waals surface area contributed by atoms with Crippen molar-refractivity contribution in [2.45, 2.75) is 64.1 Å². The molecule has 0 aromatic rings. The fourth-order valence-corrected chi connectivity index (χ4v) is 62.3. The molecule has 0 rings (SSSR count). The van der Waals surface area contributed by atoms with E-state index >= 15 is 0 Å². The summed E-state index contributed by atoms with van der Waals surface area (Å²) >= 11 is 0. The first kappa shape index (κ1) is 17.6. The molecule has 0 saturated heterocycles. The van der Waals surface area contributed by atoms with E-state index in [1.54, 1.807) is 0 Å². The molecule has 17 heavy (non-hydrogen) atoms. The molecule has 0 fully saturated rings. The van der Waals surface area contributed by atoms with Gasteiger partial charge in [0, 0.05) is 0 Å². The van der Waals surface area contributed by atoms with E-state index in [4.69, 9.17) is 0 Å². The minimum absolute atomic E-state index is 0.452. The summed E-state index contributed by atoms with van der Waals surface area (Å²) in [7, 11) is -6.62. The van der Waals surface area contributed by atoms with Crippen molar-refractivity contribution in [1.29, 1.82) is 0 Å². The highest BCUT2D eigenvalue weighted by Gasteiger charge is 2.60. The van der Waals surface area contributed by atoms with Crippen molar-refractivity contribution < 1.29 is 4.80 Å². The first-order valence-corrected chi connectivity index (χ1v) is 21.1. The van der Waals surface area contributed by atoms with Gasteiger partial charge < -0.3 is 4.80 Å². The summed E-state index contributed by atoms with van der Waals surface area (Å²) in [5.74, 6) is 0. The minimum atomic E-state index is -2.20. The van der Waals surface area contributed by atoms with Crippen LogP contribution in [0.4, 0.5) is 0 Å². The smallest absolute Gasteiger partial charge is 0.167 e. The second-order valence-electron chi connectivity index (χ2n) is 8.35. The van der Waals surface area contributed by atoms with Gasteiger partial charge in [-0.25, -0.2) is 0 Å².